The van der Waals surface area contributed by atoms with Crippen LogP contribution in [0.3, 0.4) is 0 Å². The highest BCUT2D eigenvalue weighted by Crippen LogP contribution is 2.32. The molecule has 2 bridgehead atoms. The van der Waals surface area contributed by atoms with Crippen LogP contribution in [0.2, 0.25) is 5.02 Å². The Hall–Kier alpha value is -1.62. The number of halogens is 2. The van der Waals surface area contributed by atoms with Crippen molar-refractivity contribution in [1.82, 2.24) is 9.80 Å². The maximum Gasteiger partial charge on any atom is 0.258 e. The molecule has 3 saturated heterocycles. The molecule has 3 fully saturated rings. The Kier molecular flexibility index (Phi) is 4.32. The Labute approximate surface area is 140 Å². The van der Waals surface area contributed by atoms with E-state index in [1.54, 1.807) is 29.7 Å². The van der Waals surface area contributed by atoms with Gasteiger partial charge in [-0.25, -0.2) is 4.39 Å². The molecule has 0 aliphatic carbocycles. The van der Waals surface area contributed by atoms with Crippen LogP contribution in [0.5, 0.6) is 0 Å². The van der Waals surface area contributed by atoms with Gasteiger partial charge in [-0.3, -0.25) is 9.59 Å². The number of carbonyl (C=O) groups excluding carboxylic acids is 2. The molecule has 23 heavy (non-hydrogen) atoms. The zero-order valence-electron chi connectivity index (χ0n) is 13.3. The van der Waals surface area contributed by atoms with Crippen molar-refractivity contribution in [3.63, 3.8) is 0 Å². The SMILES string of the molecule is CC(=O)N1C[C@H]2CC[C@@H](C1)N(C(=O)c1c(F)ccc(C)c1Cl)C2. The van der Waals surface area contributed by atoms with E-state index < -0.39 is 5.82 Å². The molecule has 6 heteroatoms. The summed E-state index contributed by atoms with van der Waals surface area (Å²) < 4.78 is 14.2. The molecule has 3 heterocycles. The Balaban J connectivity index is 1.92. The monoisotopic (exact) mass is 338 g/mol. The number of piperidine rings is 1. The minimum atomic E-state index is -0.589. The normalized spacial score (nSPS) is 23.8. The molecular weight excluding hydrogens is 319 g/mol. The van der Waals surface area contributed by atoms with Gasteiger partial charge in [0.25, 0.3) is 5.91 Å². The van der Waals surface area contributed by atoms with E-state index in [1.165, 1.54) is 6.07 Å². The zero-order valence-corrected chi connectivity index (χ0v) is 14.1. The maximum atomic E-state index is 14.2. The fourth-order valence-corrected chi connectivity index (χ4v) is 3.82. The van der Waals surface area contributed by atoms with E-state index in [9.17, 15) is 14.0 Å². The largest absolute Gasteiger partial charge is 0.341 e. The third-order valence-electron chi connectivity index (χ3n) is 4.92. The van der Waals surface area contributed by atoms with E-state index >= 15 is 0 Å². The van der Waals surface area contributed by atoms with Gasteiger partial charge in [0.2, 0.25) is 5.91 Å². The molecule has 0 N–H and O–H groups in total. The van der Waals surface area contributed by atoms with E-state index in [4.69, 9.17) is 11.6 Å². The van der Waals surface area contributed by atoms with Gasteiger partial charge in [0.15, 0.2) is 0 Å². The van der Waals surface area contributed by atoms with Gasteiger partial charge >= 0.3 is 0 Å². The molecule has 1 aromatic rings. The van der Waals surface area contributed by atoms with Gasteiger partial charge in [-0.05, 0) is 37.3 Å². The molecule has 2 amide bonds. The number of hydrogen-bond donors (Lipinski definition) is 0. The summed E-state index contributed by atoms with van der Waals surface area (Å²) in [5.41, 5.74) is 0.635. The van der Waals surface area contributed by atoms with Crippen molar-refractivity contribution in [1.29, 1.82) is 0 Å². The highest BCUT2D eigenvalue weighted by atomic mass is 35.5. The molecule has 1 aromatic carbocycles. The van der Waals surface area contributed by atoms with Crippen LogP contribution in [0, 0.1) is 18.7 Å². The van der Waals surface area contributed by atoms with Crippen LogP contribution in [0.15, 0.2) is 12.1 Å². The molecule has 0 spiro atoms. The van der Waals surface area contributed by atoms with Crippen molar-refractivity contribution in [3.8, 4) is 0 Å². The predicted molar refractivity (Wildman–Crippen MR) is 85.9 cm³/mol. The number of amides is 2. The first kappa shape index (κ1) is 16.2. The third kappa shape index (κ3) is 2.94. The number of fused-ring (bicyclic) bond motifs is 4. The van der Waals surface area contributed by atoms with E-state index in [0.717, 1.165) is 12.8 Å². The lowest BCUT2D eigenvalue weighted by Gasteiger charge is -2.36. The van der Waals surface area contributed by atoms with Crippen molar-refractivity contribution in [2.45, 2.75) is 32.7 Å². The summed E-state index contributed by atoms with van der Waals surface area (Å²) in [6.07, 6.45) is 1.83. The predicted octanol–water partition coefficient (Wildman–Crippen LogP) is 2.87. The molecule has 0 radical (unpaired) electrons. The lowest BCUT2D eigenvalue weighted by atomic mass is 9.94. The number of rotatable bonds is 1. The van der Waals surface area contributed by atoms with Crippen LogP contribution in [0.1, 0.15) is 35.7 Å². The number of aryl methyl sites for hydroxylation is 1. The molecule has 3 aliphatic rings. The summed E-state index contributed by atoms with van der Waals surface area (Å²) in [4.78, 5) is 28.1. The molecule has 4 rings (SSSR count). The van der Waals surface area contributed by atoms with Crippen molar-refractivity contribution < 1.29 is 14.0 Å². The van der Waals surface area contributed by atoms with Crippen LogP contribution in [0.4, 0.5) is 4.39 Å². The van der Waals surface area contributed by atoms with Crippen LogP contribution in [-0.4, -0.2) is 47.3 Å². The Bertz CT molecular complexity index is 664. The summed E-state index contributed by atoms with van der Waals surface area (Å²) in [7, 11) is 0. The quantitative estimate of drug-likeness (QED) is 0.790. The molecule has 124 valence electrons. The van der Waals surface area contributed by atoms with Gasteiger partial charge in [-0.15, -0.1) is 0 Å². The van der Waals surface area contributed by atoms with E-state index in [2.05, 4.69) is 0 Å². The highest BCUT2D eigenvalue weighted by Gasteiger charge is 2.39. The topological polar surface area (TPSA) is 40.6 Å². The number of benzene rings is 1. The first-order valence-corrected chi connectivity index (χ1v) is 8.27. The molecule has 0 aromatic heterocycles. The molecule has 4 nitrogen and oxygen atoms in total. The molecule has 3 aliphatic heterocycles. The van der Waals surface area contributed by atoms with Crippen molar-refractivity contribution in [2.75, 3.05) is 19.6 Å². The van der Waals surface area contributed by atoms with E-state index in [-0.39, 0.29) is 34.4 Å². The fourth-order valence-electron chi connectivity index (χ4n) is 3.58. The van der Waals surface area contributed by atoms with Crippen LogP contribution >= 0.6 is 11.6 Å². The summed E-state index contributed by atoms with van der Waals surface area (Å²) in [6, 6.07) is 2.79. The smallest absolute Gasteiger partial charge is 0.258 e. The second-order valence-corrected chi connectivity index (χ2v) is 6.91. The van der Waals surface area contributed by atoms with Gasteiger partial charge in [0.1, 0.15) is 5.82 Å². The van der Waals surface area contributed by atoms with E-state index in [1.807, 2.05) is 0 Å². The summed E-state index contributed by atoms with van der Waals surface area (Å²) in [6.45, 7) is 5.04. The van der Waals surface area contributed by atoms with Crippen LogP contribution in [0.25, 0.3) is 0 Å². The minimum absolute atomic E-state index is 0.0240. The Morgan fingerprint density at radius 3 is 2.65 bits per heavy atom. The van der Waals surface area contributed by atoms with Crippen molar-refractivity contribution in [3.05, 3.63) is 34.1 Å². The van der Waals surface area contributed by atoms with Crippen molar-refractivity contribution in [2.24, 2.45) is 5.92 Å². The molecular formula is C17H20ClFN2O2. The second-order valence-electron chi connectivity index (χ2n) is 6.53. The Morgan fingerprint density at radius 1 is 1.22 bits per heavy atom. The molecule has 0 saturated carbocycles. The van der Waals surface area contributed by atoms with Crippen molar-refractivity contribution >= 4 is 23.4 Å². The lowest BCUT2D eigenvalue weighted by Crippen LogP contribution is -2.48. The summed E-state index contributed by atoms with van der Waals surface area (Å²) >= 11 is 6.18. The zero-order chi connectivity index (χ0) is 16.7. The number of hydrogen-bond acceptors (Lipinski definition) is 2. The third-order valence-corrected chi connectivity index (χ3v) is 5.40. The standard InChI is InChI=1S/C17H20ClFN2O2/c1-10-3-6-14(19)15(16(10)18)17(23)21-8-12-4-5-13(21)9-20(7-12)11(2)22/h3,6,12-13H,4-5,7-9H2,1-2H3/t12-,13+/m1/s1. The first-order chi connectivity index (χ1) is 10.9. The highest BCUT2D eigenvalue weighted by molar-refractivity contribution is 6.34. The summed E-state index contributed by atoms with van der Waals surface area (Å²) in [5.74, 6) is -0.686. The summed E-state index contributed by atoms with van der Waals surface area (Å²) in [5, 5.41) is 0.179. The number of carbonyl (C=O) groups is 2. The van der Waals surface area contributed by atoms with Gasteiger partial charge in [0.05, 0.1) is 10.6 Å². The maximum absolute atomic E-state index is 14.2. The van der Waals surface area contributed by atoms with Gasteiger partial charge in [-0.2, -0.15) is 0 Å². The fraction of sp³-hybridized carbons (Fsp3) is 0.529. The average molecular weight is 339 g/mol. The van der Waals surface area contributed by atoms with Crippen LogP contribution in [-0.2, 0) is 4.79 Å². The molecule has 2 atom stereocenters. The van der Waals surface area contributed by atoms with Gasteiger partial charge < -0.3 is 9.80 Å². The lowest BCUT2D eigenvalue weighted by molar-refractivity contribution is -0.129. The van der Waals surface area contributed by atoms with E-state index in [0.29, 0.717) is 25.2 Å². The second kappa shape index (κ2) is 6.11. The average Bonchev–Trinajstić information content (AvgIpc) is 2.83. The molecule has 0 unspecified atom stereocenters. The van der Waals surface area contributed by atoms with Gasteiger partial charge in [0, 0.05) is 32.6 Å². The minimum Gasteiger partial charge on any atom is -0.341 e. The Morgan fingerprint density at radius 2 is 1.96 bits per heavy atom. The first-order valence-electron chi connectivity index (χ1n) is 7.89. The number of nitrogens with zero attached hydrogens (tertiary/aromatic N) is 2. The van der Waals surface area contributed by atoms with Crippen LogP contribution < -0.4 is 0 Å². The van der Waals surface area contributed by atoms with Gasteiger partial charge in [-0.1, -0.05) is 17.7 Å².